The molecule has 1 aliphatic heterocycles. The molecular formula is C18H22N2O3. The van der Waals surface area contributed by atoms with E-state index in [0.29, 0.717) is 32.0 Å². The molecule has 1 amide bonds. The molecule has 1 aliphatic rings. The van der Waals surface area contributed by atoms with E-state index in [2.05, 4.69) is 4.98 Å². The minimum absolute atomic E-state index is 0.00531. The number of aromatic nitrogens is 1. The number of carbonyl (C=O) groups is 1. The second kappa shape index (κ2) is 6.16. The SMILES string of the molecule is CCOC(C)(C)C(=O)N1CCc2oc(-c3ccccc3)nc2C1. The van der Waals surface area contributed by atoms with Gasteiger partial charge in [0.2, 0.25) is 5.89 Å². The Hall–Kier alpha value is -2.14. The van der Waals surface area contributed by atoms with Crippen LogP contribution in [0.3, 0.4) is 0 Å². The van der Waals surface area contributed by atoms with Crippen molar-refractivity contribution in [3.05, 3.63) is 41.8 Å². The molecule has 2 heterocycles. The van der Waals surface area contributed by atoms with Gasteiger partial charge in [-0.25, -0.2) is 4.98 Å². The van der Waals surface area contributed by atoms with Crippen molar-refractivity contribution in [3.63, 3.8) is 0 Å². The van der Waals surface area contributed by atoms with E-state index < -0.39 is 5.60 Å². The van der Waals surface area contributed by atoms with E-state index in [1.807, 2.05) is 51.1 Å². The minimum atomic E-state index is -0.807. The van der Waals surface area contributed by atoms with Gasteiger partial charge in [-0.15, -0.1) is 0 Å². The lowest BCUT2D eigenvalue weighted by atomic mass is 10.1. The Labute approximate surface area is 136 Å². The van der Waals surface area contributed by atoms with E-state index in [-0.39, 0.29) is 5.91 Å². The van der Waals surface area contributed by atoms with Crippen LogP contribution in [-0.4, -0.2) is 34.5 Å². The summed E-state index contributed by atoms with van der Waals surface area (Å²) < 4.78 is 11.4. The number of amides is 1. The molecule has 0 saturated carbocycles. The first-order chi connectivity index (χ1) is 11.0. The fourth-order valence-corrected chi connectivity index (χ4v) is 2.88. The lowest BCUT2D eigenvalue weighted by molar-refractivity contribution is -0.154. The number of oxazole rings is 1. The molecule has 0 spiro atoms. The minimum Gasteiger partial charge on any atom is -0.441 e. The number of ether oxygens (including phenoxy) is 1. The zero-order valence-corrected chi connectivity index (χ0v) is 13.8. The number of hydrogen-bond acceptors (Lipinski definition) is 4. The molecule has 1 aromatic heterocycles. The molecule has 0 unspecified atom stereocenters. The van der Waals surface area contributed by atoms with Crippen LogP contribution in [0.25, 0.3) is 11.5 Å². The standard InChI is InChI=1S/C18H22N2O3/c1-4-22-18(2,3)17(21)20-11-10-15-14(12-20)19-16(23-15)13-8-6-5-7-9-13/h5-9H,4,10-12H2,1-3H3. The Morgan fingerprint density at radius 2 is 2.09 bits per heavy atom. The van der Waals surface area contributed by atoms with Crippen molar-refractivity contribution in [2.24, 2.45) is 0 Å². The molecule has 0 fully saturated rings. The fraction of sp³-hybridized carbons (Fsp3) is 0.444. The predicted molar refractivity (Wildman–Crippen MR) is 86.8 cm³/mol. The smallest absolute Gasteiger partial charge is 0.254 e. The van der Waals surface area contributed by atoms with E-state index in [1.54, 1.807) is 4.90 Å². The van der Waals surface area contributed by atoms with Gasteiger partial charge >= 0.3 is 0 Å². The van der Waals surface area contributed by atoms with Crippen LogP contribution in [0.1, 0.15) is 32.2 Å². The Morgan fingerprint density at radius 1 is 1.35 bits per heavy atom. The summed E-state index contributed by atoms with van der Waals surface area (Å²) in [4.78, 5) is 19.0. The first kappa shape index (κ1) is 15.7. The molecule has 5 heteroatoms. The van der Waals surface area contributed by atoms with Crippen LogP contribution in [-0.2, 0) is 22.5 Å². The zero-order valence-electron chi connectivity index (χ0n) is 13.8. The summed E-state index contributed by atoms with van der Waals surface area (Å²) >= 11 is 0. The molecule has 122 valence electrons. The van der Waals surface area contributed by atoms with Crippen LogP contribution >= 0.6 is 0 Å². The van der Waals surface area contributed by atoms with Crippen LogP contribution in [0.2, 0.25) is 0 Å². The summed E-state index contributed by atoms with van der Waals surface area (Å²) in [5, 5.41) is 0. The maximum Gasteiger partial charge on any atom is 0.254 e. The van der Waals surface area contributed by atoms with Crippen molar-refractivity contribution < 1.29 is 13.9 Å². The van der Waals surface area contributed by atoms with Crippen molar-refractivity contribution in [2.75, 3.05) is 13.2 Å². The number of hydrogen-bond donors (Lipinski definition) is 0. The average molecular weight is 314 g/mol. The van der Waals surface area contributed by atoms with Crippen LogP contribution in [0.4, 0.5) is 0 Å². The third kappa shape index (κ3) is 3.15. The Morgan fingerprint density at radius 3 is 2.78 bits per heavy atom. The maximum atomic E-state index is 12.6. The average Bonchev–Trinajstić information content (AvgIpc) is 2.98. The summed E-state index contributed by atoms with van der Waals surface area (Å²) in [6, 6.07) is 9.82. The highest BCUT2D eigenvalue weighted by Crippen LogP contribution is 2.27. The molecule has 0 saturated heterocycles. The van der Waals surface area contributed by atoms with E-state index in [4.69, 9.17) is 9.15 Å². The summed E-state index contributed by atoms with van der Waals surface area (Å²) in [5.74, 6) is 1.49. The third-order valence-corrected chi connectivity index (χ3v) is 4.06. The van der Waals surface area contributed by atoms with E-state index in [9.17, 15) is 4.79 Å². The van der Waals surface area contributed by atoms with Crippen molar-refractivity contribution in [2.45, 2.75) is 39.3 Å². The van der Waals surface area contributed by atoms with Gasteiger partial charge in [-0.05, 0) is 32.9 Å². The maximum absolute atomic E-state index is 12.6. The molecule has 0 bridgehead atoms. The van der Waals surface area contributed by atoms with Gasteiger partial charge in [0.05, 0.1) is 6.54 Å². The number of benzene rings is 1. The van der Waals surface area contributed by atoms with Gasteiger partial charge in [0, 0.05) is 25.1 Å². The second-order valence-electron chi connectivity index (χ2n) is 6.17. The van der Waals surface area contributed by atoms with Gasteiger partial charge in [0.1, 0.15) is 17.1 Å². The fourth-order valence-electron chi connectivity index (χ4n) is 2.88. The van der Waals surface area contributed by atoms with Crippen molar-refractivity contribution in [1.29, 1.82) is 0 Å². The first-order valence-corrected chi connectivity index (χ1v) is 7.98. The van der Waals surface area contributed by atoms with Crippen LogP contribution in [0, 0.1) is 0 Å². The molecule has 3 rings (SSSR count). The Kier molecular flexibility index (Phi) is 4.22. The third-order valence-electron chi connectivity index (χ3n) is 4.06. The molecule has 23 heavy (non-hydrogen) atoms. The molecule has 1 aromatic carbocycles. The summed E-state index contributed by atoms with van der Waals surface area (Å²) in [5.41, 5.74) is 0.989. The molecule has 2 aromatic rings. The van der Waals surface area contributed by atoms with Crippen LogP contribution in [0.15, 0.2) is 34.7 Å². The van der Waals surface area contributed by atoms with E-state index >= 15 is 0 Å². The van der Waals surface area contributed by atoms with Crippen LogP contribution < -0.4 is 0 Å². The quantitative estimate of drug-likeness (QED) is 0.870. The van der Waals surface area contributed by atoms with Gasteiger partial charge in [-0.2, -0.15) is 0 Å². The molecule has 0 radical (unpaired) electrons. The zero-order chi connectivity index (χ0) is 16.4. The number of fused-ring (bicyclic) bond motifs is 1. The summed E-state index contributed by atoms with van der Waals surface area (Å²) in [6.07, 6.45) is 0.684. The number of rotatable bonds is 4. The number of nitrogens with zero attached hydrogens (tertiary/aromatic N) is 2. The van der Waals surface area contributed by atoms with Gasteiger partial charge in [-0.3, -0.25) is 4.79 Å². The van der Waals surface area contributed by atoms with Gasteiger partial charge < -0.3 is 14.1 Å². The summed E-state index contributed by atoms with van der Waals surface area (Å²) in [6.45, 7) is 7.14. The molecular weight excluding hydrogens is 292 g/mol. The highest BCUT2D eigenvalue weighted by atomic mass is 16.5. The second-order valence-corrected chi connectivity index (χ2v) is 6.17. The topological polar surface area (TPSA) is 55.6 Å². The first-order valence-electron chi connectivity index (χ1n) is 7.98. The molecule has 0 atom stereocenters. The monoisotopic (exact) mass is 314 g/mol. The Bertz CT molecular complexity index is 692. The van der Waals surface area contributed by atoms with E-state index in [0.717, 1.165) is 17.0 Å². The molecule has 0 aliphatic carbocycles. The number of carbonyl (C=O) groups excluding carboxylic acids is 1. The van der Waals surface area contributed by atoms with E-state index in [1.165, 1.54) is 0 Å². The normalized spacial score (nSPS) is 14.7. The highest BCUT2D eigenvalue weighted by Gasteiger charge is 2.35. The highest BCUT2D eigenvalue weighted by molar-refractivity contribution is 5.84. The lowest BCUT2D eigenvalue weighted by Crippen LogP contribution is -2.48. The van der Waals surface area contributed by atoms with Crippen LogP contribution in [0.5, 0.6) is 0 Å². The Balaban J connectivity index is 1.79. The largest absolute Gasteiger partial charge is 0.441 e. The van der Waals surface area contributed by atoms with Gasteiger partial charge in [-0.1, -0.05) is 18.2 Å². The van der Waals surface area contributed by atoms with Gasteiger partial charge in [0.15, 0.2) is 0 Å². The summed E-state index contributed by atoms with van der Waals surface area (Å²) in [7, 11) is 0. The predicted octanol–water partition coefficient (Wildman–Crippen LogP) is 3.04. The molecule has 0 N–H and O–H groups in total. The van der Waals surface area contributed by atoms with Gasteiger partial charge in [0.25, 0.3) is 5.91 Å². The van der Waals surface area contributed by atoms with Crippen molar-refractivity contribution >= 4 is 5.91 Å². The lowest BCUT2D eigenvalue weighted by Gasteiger charge is -2.33. The molecule has 5 nitrogen and oxygen atoms in total. The van der Waals surface area contributed by atoms with Crippen molar-refractivity contribution in [3.8, 4) is 11.5 Å². The van der Waals surface area contributed by atoms with Crippen molar-refractivity contribution in [1.82, 2.24) is 9.88 Å².